The summed E-state index contributed by atoms with van der Waals surface area (Å²) in [7, 11) is 0. The first kappa shape index (κ1) is 11.0. The van der Waals surface area contributed by atoms with Crippen LogP contribution in [0.15, 0.2) is 66.7 Å². The Balaban J connectivity index is 2.12. The summed E-state index contributed by atoms with van der Waals surface area (Å²) < 4.78 is 14.4. The summed E-state index contributed by atoms with van der Waals surface area (Å²) in [6, 6.07) is 22.1. The molecule has 0 aliphatic heterocycles. The molecule has 0 saturated carbocycles. The van der Waals surface area contributed by atoms with E-state index < -0.39 is 0 Å². The van der Waals surface area contributed by atoms with E-state index in [9.17, 15) is 4.39 Å². The zero-order valence-electron chi connectivity index (χ0n) is 11.2. The monoisotopic (exact) mass is 270 g/mol. The lowest BCUT2D eigenvalue weighted by atomic mass is 9.96. The van der Waals surface area contributed by atoms with Crippen molar-refractivity contribution < 1.29 is 4.39 Å². The molecule has 0 N–H and O–H groups in total. The largest absolute Gasteiger partial charge is 0.206 e. The van der Waals surface area contributed by atoms with E-state index >= 15 is 0 Å². The highest BCUT2D eigenvalue weighted by molar-refractivity contribution is 6.23. The quantitative estimate of drug-likeness (QED) is 0.313. The number of benzene rings is 4. The normalized spacial score (nSPS) is 12.0. The Morgan fingerprint density at radius 3 is 2.33 bits per heavy atom. The molecule has 5 rings (SSSR count). The molecule has 4 aromatic carbocycles. The lowest BCUT2D eigenvalue weighted by molar-refractivity contribution is 0.632. The van der Waals surface area contributed by atoms with Crippen molar-refractivity contribution in [2.75, 3.05) is 0 Å². The van der Waals surface area contributed by atoms with E-state index in [-0.39, 0.29) is 5.82 Å². The van der Waals surface area contributed by atoms with Crippen molar-refractivity contribution in [2.45, 2.75) is 0 Å². The number of hydrogen-bond donors (Lipinski definition) is 0. The molecule has 1 heteroatoms. The number of halogens is 1. The minimum absolute atomic E-state index is 0.139. The highest BCUT2D eigenvalue weighted by Gasteiger charge is 2.24. The van der Waals surface area contributed by atoms with Crippen molar-refractivity contribution in [3.05, 3.63) is 72.5 Å². The third kappa shape index (κ3) is 1.28. The maximum atomic E-state index is 14.4. The highest BCUT2D eigenvalue weighted by atomic mass is 19.1. The molecule has 98 valence electrons. The first-order valence-electron chi connectivity index (χ1n) is 7.08. The van der Waals surface area contributed by atoms with Crippen LogP contribution in [0.25, 0.3) is 43.8 Å². The van der Waals surface area contributed by atoms with Crippen molar-refractivity contribution in [3.8, 4) is 22.3 Å². The summed E-state index contributed by atoms with van der Waals surface area (Å²) in [5, 5.41) is 4.77. The van der Waals surface area contributed by atoms with Crippen molar-refractivity contribution >= 4 is 21.5 Å². The van der Waals surface area contributed by atoms with Gasteiger partial charge < -0.3 is 0 Å². The second-order valence-electron chi connectivity index (χ2n) is 5.54. The molecule has 21 heavy (non-hydrogen) atoms. The zero-order chi connectivity index (χ0) is 14.0. The van der Waals surface area contributed by atoms with Crippen LogP contribution in [0.3, 0.4) is 0 Å². The Bertz CT molecular complexity index is 1040. The van der Waals surface area contributed by atoms with Gasteiger partial charge in [-0.05, 0) is 50.4 Å². The van der Waals surface area contributed by atoms with Gasteiger partial charge >= 0.3 is 0 Å². The molecule has 0 radical (unpaired) electrons. The van der Waals surface area contributed by atoms with E-state index in [1.165, 1.54) is 16.2 Å². The molecule has 0 nitrogen and oxygen atoms in total. The highest BCUT2D eigenvalue weighted by Crippen LogP contribution is 2.49. The fraction of sp³-hybridized carbons (Fsp3) is 0. The first-order chi connectivity index (χ1) is 10.3. The van der Waals surface area contributed by atoms with Crippen LogP contribution in [0.1, 0.15) is 0 Å². The van der Waals surface area contributed by atoms with Crippen LogP contribution >= 0.6 is 0 Å². The molecule has 0 saturated heterocycles. The lowest BCUT2D eigenvalue weighted by Crippen LogP contribution is -1.83. The standard InChI is InChI=1S/C20H11F/c21-18-10-4-9-16-15-8-3-7-14-13-6-2-1-5-12(13)11-17(19(14)15)20(16)18/h1-11H. The Morgan fingerprint density at radius 1 is 0.619 bits per heavy atom. The predicted molar refractivity (Wildman–Crippen MR) is 85.8 cm³/mol. The van der Waals surface area contributed by atoms with E-state index in [4.69, 9.17) is 0 Å². The molecule has 0 heterocycles. The van der Waals surface area contributed by atoms with Crippen LogP contribution in [0, 0.1) is 5.82 Å². The van der Waals surface area contributed by atoms with Gasteiger partial charge in [-0.2, -0.15) is 0 Å². The molecule has 0 amide bonds. The zero-order valence-corrected chi connectivity index (χ0v) is 11.2. The Hall–Kier alpha value is -2.67. The molecule has 0 bridgehead atoms. The molecular formula is C20H11F. The van der Waals surface area contributed by atoms with E-state index in [1.54, 1.807) is 12.1 Å². The second kappa shape index (κ2) is 3.70. The second-order valence-corrected chi connectivity index (χ2v) is 5.54. The fourth-order valence-electron chi connectivity index (χ4n) is 3.61. The molecule has 1 aliphatic carbocycles. The van der Waals surface area contributed by atoms with Crippen LogP contribution in [0.5, 0.6) is 0 Å². The Labute approximate surface area is 121 Å². The van der Waals surface area contributed by atoms with Crippen molar-refractivity contribution in [1.82, 2.24) is 0 Å². The van der Waals surface area contributed by atoms with E-state index in [0.29, 0.717) is 0 Å². The van der Waals surface area contributed by atoms with Gasteiger partial charge in [-0.25, -0.2) is 4.39 Å². The third-order valence-electron chi connectivity index (χ3n) is 4.46. The molecule has 0 unspecified atom stereocenters. The van der Waals surface area contributed by atoms with Gasteiger partial charge in [-0.1, -0.05) is 54.6 Å². The summed E-state index contributed by atoms with van der Waals surface area (Å²) in [5.41, 5.74) is 3.91. The maximum Gasteiger partial charge on any atom is 0.131 e. The van der Waals surface area contributed by atoms with Crippen LogP contribution in [-0.2, 0) is 0 Å². The summed E-state index contributed by atoms with van der Waals surface area (Å²) in [5.74, 6) is -0.139. The maximum absolute atomic E-state index is 14.4. The van der Waals surface area contributed by atoms with Crippen molar-refractivity contribution in [3.63, 3.8) is 0 Å². The minimum atomic E-state index is -0.139. The lowest BCUT2D eigenvalue weighted by Gasteiger charge is -2.07. The van der Waals surface area contributed by atoms with Gasteiger partial charge in [-0.3, -0.25) is 0 Å². The van der Waals surface area contributed by atoms with E-state index in [0.717, 1.165) is 27.6 Å². The fourth-order valence-corrected chi connectivity index (χ4v) is 3.61. The summed E-state index contributed by atoms with van der Waals surface area (Å²) >= 11 is 0. The summed E-state index contributed by atoms with van der Waals surface area (Å²) in [4.78, 5) is 0. The van der Waals surface area contributed by atoms with Crippen LogP contribution in [0.4, 0.5) is 4.39 Å². The number of rotatable bonds is 0. The van der Waals surface area contributed by atoms with Crippen molar-refractivity contribution in [2.24, 2.45) is 0 Å². The molecule has 4 aromatic rings. The average Bonchev–Trinajstić information content (AvgIpc) is 2.85. The van der Waals surface area contributed by atoms with Gasteiger partial charge in [0.2, 0.25) is 0 Å². The first-order valence-corrected chi connectivity index (χ1v) is 7.08. The SMILES string of the molecule is Fc1cccc2c1-c1cc3ccccc3c3cccc-2c13. The molecule has 0 spiro atoms. The van der Waals surface area contributed by atoms with Crippen LogP contribution in [-0.4, -0.2) is 0 Å². The minimum Gasteiger partial charge on any atom is -0.206 e. The Morgan fingerprint density at radius 2 is 1.38 bits per heavy atom. The molecule has 0 fully saturated rings. The van der Waals surface area contributed by atoms with Gasteiger partial charge in [0, 0.05) is 5.56 Å². The van der Waals surface area contributed by atoms with Gasteiger partial charge in [-0.15, -0.1) is 0 Å². The average molecular weight is 270 g/mol. The van der Waals surface area contributed by atoms with Gasteiger partial charge in [0.05, 0.1) is 0 Å². The topological polar surface area (TPSA) is 0 Å². The molecule has 1 aliphatic rings. The van der Waals surface area contributed by atoms with E-state index in [2.05, 4.69) is 42.5 Å². The van der Waals surface area contributed by atoms with Gasteiger partial charge in [0.1, 0.15) is 5.82 Å². The molecule has 0 aromatic heterocycles. The third-order valence-corrected chi connectivity index (χ3v) is 4.46. The molecule has 0 atom stereocenters. The predicted octanol–water partition coefficient (Wildman–Crippen LogP) is 5.78. The smallest absolute Gasteiger partial charge is 0.131 e. The molecular weight excluding hydrogens is 259 g/mol. The number of fused-ring (bicyclic) bond motifs is 5. The van der Waals surface area contributed by atoms with Crippen molar-refractivity contribution in [1.29, 1.82) is 0 Å². The Kier molecular flexibility index (Phi) is 1.95. The van der Waals surface area contributed by atoms with Crippen LogP contribution < -0.4 is 0 Å². The summed E-state index contributed by atoms with van der Waals surface area (Å²) in [6.45, 7) is 0. The van der Waals surface area contributed by atoms with Crippen LogP contribution in [0.2, 0.25) is 0 Å². The van der Waals surface area contributed by atoms with E-state index in [1.807, 2.05) is 12.1 Å². The summed E-state index contributed by atoms with van der Waals surface area (Å²) in [6.07, 6.45) is 0. The van der Waals surface area contributed by atoms with Gasteiger partial charge in [0.25, 0.3) is 0 Å². The van der Waals surface area contributed by atoms with Gasteiger partial charge in [0.15, 0.2) is 0 Å². The number of hydrogen-bond acceptors (Lipinski definition) is 0.